The summed E-state index contributed by atoms with van der Waals surface area (Å²) < 4.78 is 5.80. The van der Waals surface area contributed by atoms with Crippen LogP contribution in [0.2, 0.25) is 0 Å². The van der Waals surface area contributed by atoms with Gasteiger partial charge in [0, 0.05) is 31.6 Å². The van der Waals surface area contributed by atoms with Crippen molar-refractivity contribution in [1.29, 1.82) is 0 Å². The molecular weight excluding hydrogens is 414 g/mol. The van der Waals surface area contributed by atoms with Crippen LogP contribution in [0.4, 0.5) is 5.69 Å². The van der Waals surface area contributed by atoms with Crippen LogP contribution in [0.5, 0.6) is 5.75 Å². The molecule has 2 heterocycles. The number of benzene rings is 2. The van der Waals surface area contributed by atoms with Crippen LogP contribution < -0.4 is 15.4 Å². The Morgan fingerprint density at radius 3 is 2.52 bits per heavy atom. The van der Waals surface area contributed by atoms with E-state index in [1.807, 2.05) is 18.2 Å². The van der Waals surface area contributed by atoms with Gasteiger partial charge in [-0.2, -0.15) is 0 Å². The summed E-state index contributed by atoms with van der Waals surface area (Å²) >= 11 is 0. The van der Waals surface area contributed by atoms with Crippen LogP contribution in [0.25, 0.3) is 0 Å². The first-order chi connectivity index (χ1) is 16.2. The predicted molar refractivity (Wildman–Crippen MR) is 130 cm³/mol. The van der Waals surface area contributed by atoms with Gasteiger partial charge in [0.25, 0.3) is 0 Å². The fourth-order valence-electron chi connectivity index (χ4n) is 4.48. The van der Waals surface area contributed by atoms with Gasteiger partial charge in [0.1, 0.15) is 5.75 Å². The van der Waals surface area contributed by atoms with E-state index in [0.717, 1.165) is 35.5 Å². The highest BCUT2D eigenvalue weighted by Gasteiger charge is 2.15. The second kappa shape index (κ2) is 11.8. The Balaban J connectivity index is 1.12. The number of fused-ring (bicyclic) bond motifs is 1. The van der Waals surface area contributed by atoms with Gasteiger partial charge in [-0.1, -0.05) is 37.1 Å². The van der Waals surface area contributed by atoms with Crippen molar-refractivity contribution in [3.05, 3.63) is 59.2 Å². The van der Waals surface area contributed by atoms with Crippen LogP contribution in [0.1, 0.15) is 61.6 Å². The van der Waals surface area contributed by atoms with Gasteiger partial charge in [0.2, 0.25) is 11.8 Å². The highest BCUT2D eigenvalue weighted by molar-refractivity contribution is 5.94. The molecule has 0 unspecified atom stereocenters. The minimum Gasteiger partial charge on any atom is -0.494 e. The molecule has 33 heavy (non-hydrogen) atoms. The molecule has 6 nitrogen and oxygen atoms in total. The van der Waals surface area contributed by atoms with Gasteiger partial charge in [-0.15, -0.1) is 0 Å². The Morgan fingerprint density at radius 2 is 1.73 bits per heavy atom. The average Bonchev–Trinajstić information content (AvgIpc) is 3.10. The molecule has 2 aliphatic heterocycles. The van der Waals surface area contributed by atoms with Gasteiger partial charge < -0.3 is 15.4 Å². The van der Waals surface area contributed by atoms with Crippen molar-refractivity contribution in [3.63, 3.8) is 0 Å². The van der Waals surface area contributed by atoms with Crippen molar-refractivity contribution in [2.45, 2.75) is 64.5 Å². The maximum atomic E-state index is 12.2. The molecule has 2 aromatic rings. The van der Waals surface area contributed by atoms with Crippen LogP contribution in [0.15, 0.2) is 42.5 Å². The summed E-state index contributed by atoms with van der Waals surface area (Å²) in [5, 5.41) is 5.88. The van der Waals surface area contributed by atoms with E-state index >= 15 is 0 Å². The van der Waals surface area contributed by atoms with Gasteiger partial charge in [-0.25, -0.2) is 0 Å². The second-order valence-corrected chi connectivity index (χ2v) is 9.10. The molecule has 0 saturated carbocycles. The molecule has 176 valence electrons. The fourth-order valence-corrected chi connectivity index (χ4v) is 4.48. The first-order valence-corrected chi connectivity index (χ1v) is 12.3. The number of hydrogen-bond acceptors (Lipinski definition) is 4. The zero-order valence-electron chi connectivity index (χ0n) is 19.4. The Bertz CT molecular complexity index is 934. The van der Waals surface area contributed by atoms with Crippen LogP contribution >= 0.6 is 0 Å². The number of amides is 2. The fraction of sp³-hybridized carbons (Fsp3) is 0.481. The third-order valence-electron chi connectivity index (χ3n) is 6.41. The monoisotopic (exact) mass is 449 g/mol. The summed E-state index contributed by atoms with van der Waals surface area (Å²) in [6.45, 7) is 4.47. The third-order valence-corrected chi connectivity index (χ3v) is 6.41. The van der Waals surface area contributed by atoms with Crippen molar-refractivity contribution in [1.82, 2.24) is 10.2 Å². The van der Waals surface area contributed by atoms with Gasteiger partial charge in [-0.05, 0) is 73.7 Å². The number of carbonyl (C=O) groups excluding carboxylic acids is 2. The summed E-state index contributed by atoms with van der Waals surface area (Å²) in [7, 11) is 0. The lowest BCUT2D eigenvalue weighted by atomic mass is 10.0. The molecule has 2 N–H and O–H groups in total. The van der Waals surface area contributed by atoms with Crippen molar-refractivity contribution >= 4 is 17.5 Å². The third kappa shape index (κ3) is 7.32. The number of nitrogens with one attached hydrogen (secondary N) is 2. The molecule has 0 radical (unpaired) electrons. The van der Waals surface area contributed by atoms with Gasteiger partial charge in [0.15, 0.2) is 0 Å². The van der Waals surface area contributed by atoms with Gasteiger partial charge in [0.05, 0.1) is 6.61 Å². The molecule has 2 aromatic carbocycles. The summed E-state index contributed by atoms with van der Waals surface area (Å²) in [4.78, 5) is 26.2. The quantitative estimate of drug-likeness (QED) is 0.556. The molecule has 2 amide bonds. The lowest BCUT2D eigenvalue weighted by Crippen LogP contribution is -2.24. The number of hydrogen-bond donors (Lipinski definition) is 2. The molecule has 0 spiro atoms. The molecule has 4 rings (SSSR count). The zero-order valence-corrected chi connectivity index (χ0v) is 19.4. The summed E-state index contributed by atoms with van der Waals surface area (Å²) in [6, 6.07) is 14.3. The topological polar surface area (TPSA) is 70.7 Å². The largest absolute Gasteiger partial charge is 0.494 e. The van der Waals surface area contributed by atoms with Crippen LogP contribution in [-0.2, 0) is 29.1 Å². The van der Waals surface area contributed by atoms with Gasteiger partial charge >= 0.3 is 0 Å². The number of nitrogens with zero attached hydrogens (tertiary/aromatic N) is 1. The smallest absolute Gasteiger partial charge is 0.224 e. The molecule has 2 aliphatic rings. The minimum atomic E-state index is 0.0420. The molecule has 0 atom stereocenters. The minimum absolute atomic E-state index is 0.0420. The van der Waals surface area contributed by atoms with Crippen molar-refractivity contribution in [2.75, 3.05) is 25.0 Å². The Hall–Kier alpha value is -2.86. The van der Waals surface area contributed by atoms with E-state index in [4.69, 9.17) is 4.74 Å². The van der Waals surface area contributed by atoms with Crippen molar-refractivity contribution in [2.24, 2.45) is 0 Å². The normalized spacial score (nSPS) is 16.4. The summed E-state index contributed by atoms with van der Waals surface area (Å²) in [5.74, 6) is 0.886. The molecule has 0 bridgehead atoms. The number of carbonyl (C=O) groups is 2. The molecule has 1 fully saturated rings. The lowest BCUT2D eigenvalue weighted by molar-refractivity contribution is -0.121. The molecule has 6 heteroatoms. The Kier molecular flexibility index (Phi) is 8.36. The lowest BCUT2D eigenvalue weighted by Gasteiger charge is -2.19. The van der Waals surface area contributed by atoms with E-state index in [1.165, 1.54) is 44.3 Å². The predicted octanol–water partition coefficient (Wildman–Crippen LogP) is 4.42. The molecule has 0 aliphatic carbocycles. The number of ether oxygens (including phenoxy) is 1. The van der Waals surface area contributed by atoms with Crippen LogP contribution in [-0.4, -0.2) is 36.4 Å². The van der Waals surface area contributed by atoms with E-state index in [0.29, 0.717) is 32.4 Å². The Labute approximate surface area is 196 Å². The maximum Gasteiger partial charge on any atom is 0.224 e. The van der Waals surface area contributed by atoms with Crippen LogP contribution in [0.3, 0.4) is 0 Å². The Morgan fingerprint density at radius 1 is 0.970 bits per heavy atom. The maximum absolute atomic E-state index is 12.2. The first-order valence-electron chi connectivity index (χ1n) is 12.3. The highest BCUT2D eigenvalue weighted by Crippen LogP contribution is 2.26. The van der Waals surface area contributed by atoms with E-state index in [-0.39, 0.29) is 11.8 Å². The SMILES string of the molecule is O=C(CCCOc1ccc2c(c1)CCC(=O)N2)NCc1ccc(CN2CCCCCC2)cc1. The van der Waals surface area contributed by atoms with Crippen LogP contribution in [0, 0.1) is 0 Å². The van der Waals surface area contributed by atoms with Gasteiger partial charge in [-0.3, -0.25) is 14.5 Å². The summed E-state index contributed by atoms with van der Waals surface area (Å²) in [5.41, 5.74) is 4.43. The van der Waals surface area contributed by atoms with E-state index in [9.17, 15) is 9.59 Å². The number of likely N-dealkylation sites (tertiary alicyclic amines) is 1. The summed E-state index contributed by atoms with van der Waals surface area (Å²) in [6.07, 6.45) is 7.68. The molecule has 1 saturated heterocycles. The highest BCUT2D eigenvalue weighted by atomic mass is 16.5. The number of anilines is 1. The zero-order chi connectivity index (χ0) is 22.9. The van der Waals surface area contributed by atoms with E-state index in [2.05, 4.69) is 39.8 Å². The van der Waals surface area contributed by atoms with Crippen molar-refractivity contribution < 1.29 is 14.3 Å². The van der Waals surface area contributed by atoms with E-state index < -0.39 is 0 Å². The second-order valence-electron chi connectivity index (χ2n) is 9.10. The first kappa shape index (κ1) is 23.3. The standard InChI is InChI=1S/C27H35N3O3/c31-26(6-5-17-33-24-12-13-25-23(18-24)11-14-27(32)29-25)28-19-21-7-9-22(10-8-21)20-30-15-3-1-2-4-16-30/h7-10,12-13,18H,1-6,11,14-17,19-20H2,(H,28,31)(H,29,32). The molecular formula is C27H35N3O3. The molecule has 0 aromatic heterocycles. The number of aryl methyl sites for hydroxylation is 1. The number of rotatable bonds is 9. The van der Waals surface area contributed by atoms with E-state index in [1.54, 1.807) is 0 Å². The average molecular weight is 450 g/mol. The van der Waals surface area contributed by atoms with Crippen molar-refractivity contribution in [3.8, 4) is 5.75 Å².